The number of nitrogens with zero attached hydrogens (tertiary/aromatic N) is 1. The molecule has 0 radical (unpaired) electrons. The van der Waals surface area contributed by atoms with Gasteiger partial charge >= 0.3 is 6.18 Å². The number of rotatable bonds is 7. The smallest absolute Gasteiger partial charge is 0.351 e. The van der Waals surface area contributed by atoms with Gasteiger partial charge in [-0.2, -0.15) is 13.2 Å². The van der Waals surface area contributed by atoms with E-state index in [0.29, 0.717) is 16.2 Å². The van der Waals surface area contributed by atoms with Crippen molar-refractivity contribution in [2.45, 2.75) is 22.7 Å². The summed E-state index contributed by atoms with van der Waals surface area (Å²) in [6.45, 7) is -0.516. The van der Waals surface area contributed by atoms with Crippen molar-refractivity contribution < 1.29 is 18.0 Å². The largest absolute Gasteiger partial charge is 0.397 e. The van der Waals surface area contributed by atoms with Crippen LogP contribution in [0.2, 0.25) is 0 Å². The van der Waals surface area contributed by atoms with E-state index in [1.165, 1.54) is 35.2 Å². The Morgan fingerprint density at radius 2 is 1.82 bits per heavy atom. The number of amides is 1. The van der Waals surface area contributed by atoms with Crippen molar-refractivity contribution in [3.8, 4) is 0 Å². The minimum Gasteiger partial charge on any atom is -0.351 e. The first-order chi connectivity index (χ1) is 13.4. The average Bonchev–Trinajstić information content (AvgIpc) is 3.20. The number of thioether (sulfide) groups is 1. The van der Waals surface area contributed by atoms with Gasteiger partial charge in [-0.3, -0.25) is 4.79 Å². The van der Waals surface area contributed by atoms with E-state index in [4.69, 9.17) is 0 Å². The van der Waals surface area contributed by atoms with Crippen molar-refractivity contribution in [2.24, 2.45) is 0 Å². The third kappa shape index (κ3) is 5.36. The van der Waals surface area contributed by atoms with Gasteiger partial charge in [-0.15, -0.1) is 23.1 Å². The standard InChI is InChI=1S/C20H17F3N2OS2/c21-20(22,23)17(14-6-2-1-3-7-14)10-24-19(26)16-8-4-5-9-18(16)28-12-15-11-27-13-25-15/h1-9,11,13,17H,10,12H2,(H,24,26)/t17-/m0/s1. The van der Waals surface area contributed by atoms with Crippen LogP contribution in [0.5, 0.6) is 0 Å². The molecule has 0 spiro atoms. The molecule has 0 bridgehead atoms. The van der Waals surface area contributed by atoms with Gasteiger partial charge in [0.25, 0.3) is 5.91 Å². The normalized spacial score (nSPS) is 12.5. The fraction of sp³-hybridized carbons (Fsp3) is 0.200. The Bertz CT molecular complexity index is 899. The van der Waals surface area contributed by atoms with E-state index < -0.39 is 24.5 Å². The molecule has 0 saturated heterocycles. The molecule has 3 nitrogen and oxygen atoms in total. The Hall–Kier alpha value is -2.32. The van der Waals surface area contributed by atoms with Gasteiger partial charge < -0.3 is 5.32 Å². The van der Waals surface area contributed by atoms with E-state index in [9.17, 15) is 18.0 Å². The summed E-state index contributed by atoms with van der Waals surface area (Å²) < 4.78 is 40.4. The molecule has 28 heavy (non-hydrogen) atoms. The van der Waals surface area contributed by atoms with Crippen LogP contribution in [0.3, 0.4) is 0 Å². The summed E-state index contributed by atoms with van der Waals surface area (Å²) in [5.41, 5.74) is 3.11. The Labute approximate surface area is 169 Å². The summed E-state index contributed by atoms with van der Waals surface area (Å²) in [6, 6.07) is 14.5. The number of hydrogen-bond acceptors (Lipinski definition) is 4. The molecule has 2 aromatic carbocycles. The quantitative estimate of drug-likeness (QED) is 0.511. The van der Waals surface area contributed by atoms with Gasteiger partial charge in [0.1, 0.15) is 0 Å². The number of halogens is 3. The third-order valence-corrected chi connectivity index (χ3v) is 5.80. The first-order valence-corrected chi connectivity index (χ1v) is 10.4. The van der Waals surface area contributed by atoms with E-state index >= 15 is 0 Å². The van der Waals surface area contributed by atoms with Crippen LogP contribution in [0.1, 0.15) is 27.5 Å². The number of nitrogens with one attached hydrogen (secondary N) is 1. The predicted molar refractivity (Wildman–Crippen MR) is 106 cm³/mol. The second kappa shape index (κ2) is 9.25. The molecule has 0 unspecified atom stereocenters. The highest BCUT2D eigenvalue weighted by molar-refractivity contribution is 7.98. The molecule has 1 atom stereocenters. The molecule has 0 saturated carbocycles. The van der Waals surface area contributed by atoms with Crippen LogP contribution in [0.25, 0.3) is 0 Å². The van der Waals surface area contributed by atoms with Crippen LogP contribution < -0.4 is 5.32 Å². The van der Waals surface area contributed by atoms with Crippen molar-refractivity contribution in [2.75, 3.05) is 6.54 Å². The zero-order valence-electron chi connectivity index (χ0n) is 14.6. The lowest BCUT2D eigenvalue weighted by Crippen LogP contribution is -2.35. The zero-order chi connectivity index (χ0) is 20.0. The molecule has 0 aliphatic heterocycles. The van der Waals surface area contributed by atoms with Crippen molar-refractivity contribution in [1.29, 1.82) is 0 Å². The predicted octanol–water partition coefficient (Wildman–Crippen LogP) is 5.51. The van der Waals surface area contributed by atoms with E-state index in [1.807, 2.05) is 5.38 Å². The molecule has 0 aliphatic carbocycles. The maximum absolute atomic E-state index is 13.5. The minimum absolute atomic E-state index is 0.126. The number of aromatic nitrogens is 1. The lowest BCUT2D eigenvalue weighted by molar-refractivity contribution is -0.149. The first-order valence-electron chi connectivity index (χ1n) is 8.44. The van der Waals surface area contributed by atoms with Crippen molar-refractivity contribution in [3.05, 3.63) is 82.3 Å². The fourth-order valence-electron chi connectivity index (χ4n) is 2.64. The summed E-state index contributed by atoms with van der Waals surface area (Å²) in [6.07, 6.45) is -4.45. The SMILES string of the molecule is O=C(NC[C@@H](c1ccccc1)C(F)(F)F)c1ccccc1SCc1cscn1. The molecule has 0 aliphatic rings. The van der Waals surface area contributed by atoms with Crippen LogP contribution in [0.15, 0.2) is 70.4 Å². The third-order valence-electron chi connectivity index (χ3n) is 4.05. The molecule has 1 aromatic heterocycles. The Balaban J connectivity index is 1.70. The summed E-state index contributed by atoms with van der Waals surface area (Å²) in [5.74, 6) is -1.69. The summed E-state index contributed by atoms with van der Waals surface area (Å²) in [4.78, 5) is 17.5. The average molecular weight is 422 g/mol. The first kappa shape index (κ1) is 20.4. The highest BCUT2D eigenvalue weighted by Gasteiger charge is 2.40. The van der Waals surface area contributed by atoms with Gasteiger partial charge in [0.2, 0.25) is 0 Å². The van der Waals surface area contributed by atoms with Gasteiger partial charge in [-0.1, -0.05) is 42.5 Å². The number of carbonyl (C=O) groups excluding carboxylic acids is 1. The summed E-state index contributed by atoms with van der Waals surface area (Å²) in [7, 11) is 0. The lowest BCUT2D eigenvalue weighted by atomic mass is 9.98. The fourth-order valence-corrected chi connectivity index (χ4v) is 4.25. The lowest BCUT2D eigenvalue weighted by Gasteiger charge is -2.21. The second-order valence-electron chi connectivity index (χ2n) is 5.98. The van der Waals surface area contributed by atoms with Crippen molar-refractivity contribution in [3.63, 3.8) is 0 Å². The van der Waals surface area contributed by atoms with Crippen LogP contribution in [-0.2, 0) is 5.75 Å². The highest BCUT2D eigenvalue weighted by atomic mass is 32.2. The molecule has 3 rings (SSSR count). The van der Waals surface area contributed by atoms with Crippen LogP contribution in [-0.4, -0.2) is 23.6 Å². The van der Waals surface area contributed by atoms with Crippen LogP contribution >= 0.6 is 23.1 Å². The van der Waals surface area contributed by atoms with Crippen LogP contribution in [0, 0.1) is 0 Å². The number of alkyl halides is 3. The topological polar surface area (TPSA) is 42.0 Å². The van der Waals surface area contributed by atoms with Gasteiger partial charge in [0, 0.05) is 22.6 Å². The maximum Gasteiger partial charge on any atom is 0.397 e. The molecular formula is C20H17F3N2OS2. The number of thiazole rings is 1. The van der Waals surface area contributed by atoms with Gasteiger partial charge in [0.15, 0.2) is 0 Å². The maximum atomic E-state index is 13.5. The molecule has 3 aromatic rings. The molecule has 1 heterocycles. The zero-order valence-corrected chi connectivity index (χ0v) is 16.3. The van der Waals surface area contributed by atoms with E-state index in [1.54, 1.807) is 48.0 Å². The molecule has 1 amide bonds. The molecule has 0 fully saturated rings. The van der Waals surface area contributed by atoms with E-state index in [2.05, 4.69) is 10.3 Å². The Morgan fingerprint density at radius 3 is 2.50 bits per heavy atom. The van der Waals surface area contributed by atoms with Gasteiger partial charge in [-0.25, -0.2) is 4.98 Å². The highest BCUT2D eigenvalue weighted by Crippen LogP contribution is 2.34. The molecule has 146 valence electrons. The number of carbonyl (C=O) groups is 1. The van der Waals surface area contributed by atoms with Gasteiger partial charge in [-0.05, 0) is 17.7 Å². The molecule has 8 heteroatoms. The molecular weight excluding hydrogens is 405 g/mol. The summed E-state index contributed by atoms with van der Waals surface area (Å²) >= 11 is 2.92. The number of benzene rings is 2. The van der Waals surface area contributed by atoms with Crippen molar-refractivity contribution >= 4 is 29.0 Å². The minimum atomic E-state index is -4.45. The van der Waals surface area contributed by atoms with Crippen molar-refractivity contribution in [1.82, 2.24) is 10.3 Å². The summed E-state index contributed by atoms with van der Waals surface area (Å²) in [5, 5.41) is 4.37. The number of hydrogen-bond donors (Lipinski definition) is 1. The van der Waals surface area contributed by atoms with E-state index in [0.717, 1.165) is 5.69 Å². The Kier molecular flexibility index (Phi) is 6.74. The Morgan fingerprint density at radius 1 is 1.11 bits per heavy atom. The van der Waals surface area contributed by atoms with Crippen LogP contribution in [0.4, 0.5) is 13.2 Å². The van der Waals surface area contributed by atoms with E-state index in [-0.39, 0.29) is 5.56 Å². The monoisotopic (exact) mass is 422 g/mol. The second-order valence-corrected chi connectivity index (χ2v) is 7.72. The van der Waals surface area contributed by atoms with Gasteiger partial charge in [0.05, 0.1) is 22.7 Å². The molecule has 1 N–H and O–H groups in total.